The second-order valence-electron chi connectivity index (χ2n) is 2.47. The maximum atomic E-state index is 10.6. The standard InChI is InChI=1S/C7H14BrNO2/c1-6(10)3-2-4-9-7(11)5-8/h6,10H,2-5H2,1H3,(H,9,11). The van der Waals surface area contributed by atoms with Gasteiger partial charge < -0.3 is 10.4 Å². The Morgan fingerprint density at radius 2 is 2.36 bits per heavy atom. The summed E-state index contributed by atoms with van der Waals surface area (Å²) in [5.74, 6) is -0.00408. The van der Waals surface area contributed by atoms with Crippen molar-refractivity contribution in [3.63, 3.8) is 0 Å². The van der Waals surface area contributed by atoms with Gasteiger partial charge in [0.25, 0.3) is 0 Å². The van der Waals surface area contributed by atoms with E-state index in [-0.39, 0.29) is 12.0 Å². The summed E-state index contributed by atoms with van der Waals surface area (Å²) in [6.07, 6.45) is 1.30. The predicted molar refractivity (Wildman–Crippen MR) is 47.7 cm³/mol. The number of carbonyl (C=O) groups is 1. The van der Waals surface area contributed by atoms with E-state index in [0.717, 1.165) is 12.8 Å². The minimum Gasteiger partial charge on any atom is -0.393 e. The highest BCUT2D eigenvalue weighted by Crippen LogP contribution is 1.93. The highest BCUT2D eigenvalue weighted by atomic mass is 79.9. The first-order valence-electron chi connectivity index (χ1n) is 3.67. The number of aliphatic hydroxyl groups excluding tert-OH is 1. The molecule has 1 unspecified atom stereocenters. The summed E-state index contributed by atoms with van der Waals surface area (Å²) in [7, 11) is 0. The molecule has 4 heteroatoms. The fourth-order valence-electron chi connectivity index (χ4n) is 0.673. The molecular weight excluding hydrogens is 210 g/mol. The Hall–Kier alpha value is -0.0900. The Morgan fingerprint density at radius 1 is 1.73 bits per heavy atom. The summed E-state index contributed by atoms with van der Waals surface area (Å²) >= 11 is 3.03. The molecule has 0 rings (SSSR count). The van der Waals surface area contributed by atoms with Crippen LogP contribution in [0.3, 0.4) is 0 Å². The van der Waals surface area contributed by atoms with Crippen molar-refractivity contribution in [2.45, 2.75) is 25.9 Å². The fourth-order valence-corrected chi connectivity index (χ4v) is 0.871. The molecule has 11 heavy (non-hydrogen) atoms. The first kappa shape index (κ1) is 10.9. The molecule has 0 saturated carbocycles. The SMILES string of the molecule is CC(O)CCCNC(=O)CBr. The summed E-state index contributed by atoms with van der Waals surface area (Å²) < 4.78 is 0. The van der Waals surface area contributed by atoms with Crippen LogP contribution in [0.4, 0.5) is 0 Å². The Morgan fingerprint density at radius 3 is 2.82 bits per heavy atom. The Bertz CT molecular complexity index is 117. The van der Waals surface area contributed by atoms with Crippen LogP contribution in [0.15, 0.2) is 0 Å². The molecule has 0 aromatic heterocycles. The highest BCUT2D eigenvalue weighted by molar-refractivity contribution is 9.09. The van der Waals surface area contributed by atoms with Gasteiger partial charge >= 0.3 is 0 Å². The van der Waals surface area contributed by atoms with Gasteiger partial charge in [-0.1, -0.05) is 15.9 Å². The van der Waals surface area contributed by atoms with Gasteiger partial charge in [-0.2, -0.15) is 0 Å². The lowest BCUT2D eigenvalue weighted by atomic mass is 10.2. The molecule has 0 spiro atoms. The second kappa shape index (κ2) is 6.61. The van der Waals surface area contributed by atoms with Gasteiger partial charge in [-0.25, -0.2) is 0 Å². The van der Waals surface area contributed by atoms with Crippen molar-refractivity contribution in [2.24, 2.45) is 0 Å². The van der Waals surface area contributed by atoms with E-state index in [9.17, 15) is 4.79 Å². The first-order valence-corrected chi connectivity index (χ1v) is 4.79. The predicted octanol–water partition coefficient (Wildman–Crippen LogP) is 0.659. The van der Waals surface area contributed by atoms with Crippen LogP contribution < -0.4 is 5.32 Å². The van der Waals surface area contributed by atoms with E-state index in [0.29, 0.717) is 11.9 Å². The van der Waals surface area contributed by atoms with Crippen LogP contribution in [0.5, 0.6) is 0 Å². The molecule has 0 aliphatic heterocycles. The highest BCUT2D eigenvalue weighted by Gasteiger charge is 1.97. The molecule has 3 nitrogen and oxygen atoms in total. The molecule has 0 fully saturated rings. The average molecular weight is 224 g/mol. The molecule has 0 radical (unpaired) electrons. The van der Waals surface area contributed by atoms with Gasteiger partial charge in [0.15, 0.2) is 0 Å². The Kier molecular flexibility index (Phi) is 6.56. The van der Waals surface area contributed by atoms with E-state index in [1.807, 2.05) is 0 Å². The summed E-state index contributed by atoms with van der Waals surface area (Å²) in [6.45, 7) is 2.39. The van der Waals surface area contributed by atoms with E-state index in [2.05, 4.69) is 21.2 Å². The fraction of sp³-hybridized carbons (Fsp3) is 0.857. The van der Waals surface area contributed by atoms with Crippen molar-refractivity contribution >= 4 is 21.8 Å². The van der Waals surface area contributed by atoms with Gasteiger partial charge in [-0.15, -0.1) is 0 Å². The zero-order valence-electron chi connectivity index (χ0n) is 6.64. The molecule has 0 bridgehead atoms. The zero-order valence-corrected chi connectivity index (χ0v) is 8.23. The van der Waals surface area contributed by atoms with Gasteiger partial charge in [0.2, 0.25) is 5.91 Å². The van der Waals surface area contributed by atoms with Crippen molar-refractivity contribution in [3.05, 3.63) is 0 Å². The second-order valence-corrected chi connectivity index (χ2v) is 3.04. The van der Waals surface area contributed by atoms with Crippen molar-refractivity contribution in [1.29, 1.82) is 0 Å². The molecule has 0 aliphatic rings. The topological polar surface area (TPSA) is 49.3 Å². The van der Waals surface area contributed by atoms with Gasteiger partial charge in [0.05, 0.1) is 11.4 Å². The van der Waals surface area contributed by atoms with Crippen LogP contribution in [-0.4, -0.2) is 29.0 Å². The molecule has 2 N–H and O–H groups in total. The zero-order chi connectivity index (χ0) is 8.69. The molecule has 0 aromatic carbocycles. The lowest BCUT2D eigenvalue weighted by Gasteiger charge is -2.04. The number of nitrogens with one attached hydrogen (secondary N) is 1. The summed E-state index contributed by atoms with van der Waals surface area (Å²) in [5.41, 5.74) is 0. The molecule has 0 aromatic rings. The van der Waals surface area contributed by atoms with E-state index in [4.69, 9.17) is 5.11 Å². The summed E-state index contributed by atoms with van der Waals surface area (Å²) in [4.78, 5) is 10.6. The van der Waals surface area contributed by atoms with Crippen LogP contribution in [-0.2, 0) is 4.79 Å². The number of hydrogen-bond donors (Lipinski definition) is 2. The van der Waals surface area contributed by atoms with Gasteiger partial charge in [0, 0.05) is 6.54 Å². The summed E-state index contributed by atoms with van der Waals surface area (Å²) in [5, 5.41) is 11.9. The molecule has 0 saturated heterocycles. The van der Waals surface area contributed by atoms with Crippen molar-refractivity contribution in [3.8, 4) is 0 Å². The lowest BCUT2D eigenvalue weighted by Crippen LogP contribution is -2.25. The molecule has 0 heterocycles. The number of amides is 1. The maximum absolute atomic E-state index is 10.6. The van der Waals surface area contributed by atoms with Crippen LogP contribution in [0.1, 0.15) is 19.8 Å². The molecular formula is C7H14BrNO2. The lowest BCUT2D eigenvalue weighted by molar-refractivity contribution is -0.118. The van der Waals surface area contributed by atoms with E-state index < -0.39 is 0 Å². The smallest absolute Gasteiger partial charge is 0.230 e. The maximum Gasteiger partial charge on any atom is 0.230 e. The van der Waals surface area contributed by atoms with Crippen LogP contribution in [0.2, 0.25) is 0 Å². The number of hydrogen-bond acceptors (Lipinski definition) is 2. The number of rotatable bonds is 5. The van der Waals surface area contributed by atoms with E-state index in [1.165, 1.54) is 0 Å². The minimum absolute atomic E-state index is 0.00408. The quantitative estimate of drug-likeness (QED) is 0.532. The third-order valence-electron chi connectivity index (χ3n) is 1.24. The summed E-state index contributed by atoms with van der Waals surface area (Å²) in [6, 6.07) is 0. The van der Waals surface area contributed by atoms with Crippen LogP contribution in [0, 0.1) is 0 Å². The largest absolute Gasteiger partial charge is 0.393 e. The Balaban J connectivity index is 3.08. The average Bonchev–Trinajstić information content (AvgIpc) is 1.97. The molecule has 66 valence electrons. The van der Waals surface area contributed by atoms with E-state index in [1.54, 1.807) is 6.92 Å². The number of halogens is 1. The monoisotopic (exact) mass is 223 g/mol. The normalized spacial score (nSPS) is 12.6. The van der Waals surface area contributed by atoms with Crippen molar-refractivity contribution in [2.75, 3.05) is 11.9 Å². The number of aliphatic hydroxyl groups is 1. The van der Waals surface area contributed by atoms with Gasteiger partial charge in [-0.3, -0.25) is 4.79 Å². The third-order valence-corrected chi connectivity index (χ3v) is 1.75. The number of carbonyl (C=O) groups excluding carboxylic acids is 1. The van der Waals surface area contributed by atoms with E-state index >= 15 is 0 Å². The third kappa shape index (κ3) is 7.81. The molecule has 0 aliphatic carbocycles. The number of alkyl halides is 1. The van der Waals surface area contributed by atoms with Crippen LogP contribution >= 0.6 is 15.9 Å². The van der Waals surface area contributed by atoms with Crippen molar-refractivity contribution in [1.82, 2.24) is 5.32 Å². The van der Waals surface area contributed by atoms with Gasteiger partial charge in [0.1, 0.15) is 0 Å². The molecule has 1 amide bonds. The van der Waals surface area contributed by atoms with Crippen LogP contribution in [0.25, 0.3) is 0 Å². The first-order chi connectivity index (χ1) is 5.16. The van der Waals surface area contributed by atoms with Crippen molar-refractivity contribution < 1.29 is 9.90 Å². The van der Waals surface area contributed by atoms with Gasteiger partial charge in [-0.05, 0) is 19.8 Å². The Labute approximate surface area is 75.3 Å². The molecule has 1 atom stereocenters. The minimum atomic E-state index is -0.268.